The lowest BCUT2D eigenvalue weighted by molar-refractivity contribution is 0.0431. The second-order valence-electron chi connectivity index (χ2n) is 4.22. The van der Waals surface area contributed by atoms with Crippen molar-refractivity contribution in [2.75, 3.05) is 7.11 Å². The van der Waals surface area contributed by atoms with Gasteiger partial charge in [0.05, 0.1) is 18.8 Å². The maximum atomic E-state index is 12.3. The summed E-state index contributed by atoms with van der Waals surface area (Å²) in [5, 5.41) is 0. The van der Waals surface area contributed by atoms with E-state index in [1.807, 2.05) is 25.1 Å². The number of benzene rings is 1. The van der Waals surface area contributed by atoms with Crippen LogP contribution in [0.3, 0.4) is 0 Å². The van der Waals surface area contributed by atoms with Crippen LogP contribution in [-0.2, 0) is 4.74 Å². The van der Waals surface area contributed by atoms with Crippen LogP contribution >= 0.6 is 22.6 Å². The average Bonchev–Trinajstić information content (AvgIpc) is 2.75. The Morgan fingerprint density at radius 1 is 1.47 bits per heavy atom. The van der Waals surface area contributed by atoms with E-state index in [4.69, 9.17) is 9.47 Å². The molecular formula is C13H15IO3. The molecule has 1 heterocycles. The van der Waals surface area contributed by atoms with E-state index in [2.05, 4.69) is 22.6 Å². The minimum absolute atomic E-state index is 0.0321. The van der Waals surface area contributed by atoms with Crippen LogP contribution in [0.2, 0.25) is 0 Å². The SMILES string of the molecule is COc1ccc(I)cc1C(=O)C1CCC(C)O1. The number of ketones is 1. The number of methoxy groups -OCH3 is 1. The van der Waals surface area contributed by atoms with Crippen LogP contribution in [0.15, 0.2) is 18.2 Å². The Balaban J connectivity index is 2.26. The molecule has 0 aliphatic carbocycles. The molecule has 1 aromatic rings. The van der Waals surface area contributed by atoms with Crippen molar-refractivity contribution in [1.29, 1.82) is 0 Å². The molecule has 0 bridgehead atoms. The molecule has 2 rings (SSSR count). The molecule has 1 aliphatic rings. The summed E-state index contributed by atoms with van der Waals surface area (Å²) in [7, 11) is 1.58. The van der Waals surface area contributed by atoms with Crippen LogP contribution in [0, 0.1) is 3.57 Å². The maximum Gasteiger partial charge on any atom is 0.195 e. The van der Waals surface area contributed by atoms with Gasteiger partial charge in [-0.05, 0) is 60.6 Å². The fourth-order valence-corrected chi connectivity index (χ4v) is 2.53. The number of hydrogen-bond acceptors (Lipinski definition) is 3. The van der Waals surface area contributed by atoms with E-state index in [0.29, 0.717) is 11.3 Å². The monoisotopic (exact) mass is 346 g/mol. The third kappa shape index (κ3) is 2.80. The largest absolute Gasteiger partial charge is 0.496 e. The highest BCUT2D eigenvalue weighted by Crippen LogP contribution is 2.27. The lowest BCUT2D eigenvalue weighted by Crippen LogP contribution is -2.21. The van der Waals surface area contributed by atoms with Crippen molar-refractivity contribution in [3.63, 3.8) is 0 Å². The molecular weight excluding hydrogens is 331 g/mol. The normalized spacial score (nSPS) is 23.7. The Bertz CT molecular complexity index is 431. The summed E-state index contributed by atoms with van der Waals surface area (Å²) >= 11 is 2.19. The number of carbonyl (C=O) groups is 1. The van der Waals surface area contributed by atoms with E-state index in [0.717, 1.165) is 16.4 Å². The van der Waals surface area contributed by atoms with Gasteiger partial charge in [0.15, 0.2) is 5.78 Å². The van der Waals surface area contributed by atoms with E-state index in [-0.39, 0.29) is 18.0 Å². The first-order valence-electron chi connectivity index (χ1n) is 5.65. The van der Waals surface area contributed by atoms with Crippen molar-refractivity contribution in [3.05, 3.63) is 27.3 Å². The van der Waals surface area contributed by atoms with Gasteiger partial charge in [-0.15, -0.1) is 0 Å². The fourth-order valence-electron chi connectivity index (χ4n) is 2.04. The predicted molar refractivity (Wildman–Crippen MR) is 73.6 cm³/mol. The molecule has 0 N–H and O–H groups in total. The van der Waals surface area contributed by atoms with Crippen molar-refractivity contribution in [2.45, 2.75) is 32.0 Å². The summed E-state index contributed by atoms with van der Waals surface area (Å²) in [6, 6.07) is 5.61. The van der Waals surface area contributed by atoms with E-state index in [9.17, 15) is 4.79 Å². The molecule has 4 heteroatoms. The molecule has 92 valence electrons. The molecule has 0 saturated carbocycles. The molecule has 3 nitrogen and oxygen atoms in total. The second-order valence-corrected chi connectivity index (χ2v) is 5.47. The number of rotatable bonds is 3. The zero-order chi connectivity index (χ0) is 12.4. The molecule has 17 heavy (non-hydrogen) atoms. The van der Waals surface area contributed by atoms with Crippen LogP contribution in [0.1, 0.15) is 30.1 Å². The van der Waals surface area contributed by atoms with E-state index < -0.39 is 0 Å². The lowest BCUT2D eigenvalue weighted by atomic mass is 10.0. The Labute approximate surface area is 115 Å². The van der Waals surface area contributed by atoms with Gasteiger partial charge in [0.1, 0.15) is 11.9 Å². The molecule has 2 atom stereocenters. The standard InChI is InChI=1S/C13H15IO3/c1-8-3-5-12(17-8)13(15)10-7-9(14)4-6-11(10)16-2/h4,6-8,12H,3,5H2,1-2H3. The topological polar surface area (TPSA) is 35.5 Å². The molecule has 1 aliphatic heterocycles. The number of hydrogen-bond donors (Lipinski definition) is 0. The quantitative estimate of drug-likeness (QED) is 0.623. The molecule has 0 aromatic heterocycles. The summed E-state index contributed by atoms with van der Waals surface area (Å²) < 4.78 is 11.9. The highest BCUT2D eigenvalue weighted by atomic mass is 127. The molecule has 1 aromatic carbocycles. The molecule has 0 radical (unpaired) electrons. The van der Waals surface area contributed by atoms with E-state index >= 15 is 0 Å². The van der Waals surface area contributed by atoms with Gasteiger partial charge in [0.2, 0.25) is 0 Å². The summed E-state index contributed by atoms with van der Waals surface area (Å²) in [6.07, 6.45) is 1.62. The van der Waals surface area contributed by atoms with Gasteiger partial charge in [-0.25, -0.2) is 0 Å². The smallest absolute Gasteiger partial charge is 0.195 e. The third-order valence-electron chi connectivity index (χ3n) is 2.95. The van der Waals surface area contributed by atoms with E-state index in [1.165, 1.54) is 0 Å². The van der Waals surface area contributed by atoms with Crippen LogP contribution in [-0.4, -0.2) is 25.1 Å². The summed E-state index contributed by atoms with van der Waals surface area (Å²) in [6.45, 7) is 2.00. The molecule has 0 spiro atoms. The Morgan fingerprint density at radius 3 is 2.82 bits per heavy atom. The molecule has 2 unspecified atom stereocenters. The zero-order valence-electron chi connectivity index (χ0n) is 9.90. The Kier molecular flexibility index (Phi) is 4.04. The second kappa shape index (κ2) is 5.35. The summed E-state index contributed by atoms with van der Waals surface area (Å²) in [5.74, 6) is 0.656. The first-order valence-corrected chi connectivity index (χ1v) is 6.73. The first kappa shape index (κ1) is 12.8. The molecule has 1 saturated heterocycles. The first-order chi connectivity index (χ1) is 8.11. The van der Waals surface area contributed by atoms with Crippen LogP contribution in [0.25, 0.3) is 0 Å². The molecule has 0 amide bonds. The van der Waals surface area contributed by atoms with Crippen molar-refractivity contribution < 1.29 is 14.3 Å². The number of halogens is 1. The minimum atomic E-state index is -0.308. The summed E-state index contributed by atoms with van der Waals surface area (Å²) in [4.78, 5) is 12.3. The lowest BCUT2D eigenvalue weighted by Gasteiger charge is -2.13. The van der Waals surface area contributed by atoms with Gasteiger partial charge in [0.25, 0.3) is 0 Å². The van der Waals surface area contributed by atoms with Crippen molar-refractivity contribution >= 4 is 28.4 Å². The van der Waals surface area contributed by atoms with Gasteiger partial charge in [-0.2, -0.15) is 0 Å². The van der Waals surface area contributed by atoms with Crippen LogP contribution < -0.4 is 4.74 Å². The third-order valence-corrected chi connectivity index (χ3v) is 3.62. The maximum absolute atomic E-state index is 12.3. The van der Waals surface area contributed by atoms with Crippen LogP contribution in [0.5, 0.6) is 5.75 Å². The van der Waals surface area contributed by atoms with Crippen LogP contribution in [0.4, 0.5) is 0 Å². The van der Waals surface area contributed by atoms with Crippen molar-refractivity contribution in [3.8, 4) is 5.75 Å². The number of carbonyl (C=O) groups excluding carboxylic acids is 1. The molecule has 1 fully saturated rings. The van der Waals surface area contributed by atoms with Crippen molar-refractivity contribution in [1.82, 2.24) is 0 Å². The van der Waals surface area contributed by atoms with Gasteiger partial charge >= 0.3 is 0 Å². The van der Waals surface area contributed by atoms with Gasteiger partial charge < -0.3 is 9.47 Å². The zero-order valence-corrected chi connectivity index (χ0v) is 12.1. The minimum Gasteiger partial charge on any atom is -0.496 e. The van der Waals surface area contributed by atoms with Crippen molar-refractivity contribution in [2.24, 2.45) is 0 Å². The Hall–Kier alpha value is -0.620. The predicted octanol–water partition coefficient (Wildman–Crippen LogP) is 3.05. The summed E-state index contributed by atoms with van der Waals surface area (Å²) in [5.41, 5.74) is 0.624. The van der Waals surface area contributed by atoms with Gasteiger partial charge in [-0.3, -0.25) is 4.79 Å². The van der Waals surface area contributed by atoms with E-state index in [1.54, 1.807) is 7.11 Å². The average molecular weight is 346 g/mol. The highest BCUT2D eigenvalue weighted by Gasteiger charge is 2.30. The highest BCUT2D eigenvalue weighted by molar-refractivity contribution is 14.1. The number of ether oxygens (including phenoxy) is 2. The van der Waals surface area contributed by atoms with Gasteiger partial charge in [0, 0.05) is 3.57 Å². The fraction of sp³-hybridized carbons (Fsp3) is 0.462. The Morgan fingerprint density at radius 2 is 2.24 bits per heavy atom. The number of Topliss-reactive ketones (excluding diaryl/α,β-unsaturated/α-hetero) is 1. The van der Waals surface area contributed by atoms with Gasteiger partial charge in [-0.1, -0.05) is 0 Å².